The van der Waals surface area contributed by atoms with E-state index in [1.54, 1.807) is 6.07 Å². The fourth-order valence-electron chi connectivity index (χ4n) is 3.93. The van der Waals surface area contributed by atoms with Crippen LogP contribution in [0.15, 0.2) is 34.1 Å². The number of aliphatic imine (C=N–C) groups is 1. The Labute approximate surface area is 166 Å². The number of hydrogen-bond acceptors (Lipinski definition) is 6. The van der Waals surface area contributed by atoms with Gasteiger partial charge in [0.25, 0.3) is 11.2 Å². The topological polar surface area (TPSA) is 103 Å². The van der Waals surface area contributed by atoms with Crippen LogP contribution in [-0.4, -0.2) is 32.0 Å². The first-order valence-corrected chi connectivity index (χ1v) is 10.1. The molecule has 4 rings (SSSR count). The number of fused-ring (bicyclic) bond motifs is 1. The minimum Gasteiger partial charge on any atom is -0.375 e. The highest BCUT2D eigenvalue weighted by Gasteiger charge is 2.36. The molecule has 2 aliphatic heterocycles. The molecule has 0 spiro atoms. The summed E-state index contributed by atoms with van der Waals surface area (Å²) < 4.78 is 7.68. The van der Waals surface area contributed by atoms with Crippen molar-refractivity contribution in [3.8, 4) is 0 Å². The van der Waals surface area contributed by atoms with Gasteiger partial charge >= 0.3 is 0 Å². The van der Waals surface area contributed by atoms with Gasteiger partial charge in [-0.15, -0.1) is 0 Å². The molecule has 0 amide bonds. The Bertz CT molecular complexity index is 1020. The molecule has 1 N–H and O–H groups in total. The number of non-ortho nitro benzene ring substituents is 1. The van der Waals surface area contributed by atoms with Crippen molar-refractivity contribution in [1.29, 1.82) is 0 Å². The molecule has 3 heterocycles. The van der Waals surface area contributed by atoms with Crippen LogP contribution < -0.4 is 5.56 Å². The van der Waals surface area contributed by atoms with Gasteiger partial charge in [0.2, 0.25) is 0 Å². The number of nitrogens with zero attached hydrogens (tertiary/aromatic N) is 3. The molecule has 0 unspecified atom stereocenters. The van der Waals surface area contributed by atoms with Crippen molar-refractivity contribution >= 4 is 28.3 Å². The van der Waals surface area contributed by atoms with E-state index in [4.69, 9.17) is 4.74 Å². The van der Waals surface area contributed by atoms with Crippen LogP contribution in [0.1, 0.15) is 56.0 Å². The zero-order valence-electron chi connectivity index (χ0n) is 16.0. The SMILES string of the molecule is CC1=Nc2c(c(=O)[nH]n2[C@H]2CCOC(C)(C)C2)[C@@H](c2cccc([N+](=O)[O-])c2)S1. The Hall–Kier alpha value is -2.39. The monoisotopic (exact) mass is 402 g/mol. The number of benzene rings is 1. The lowest BCUT2D eigenvalue weighted by Gasteiger charge is -2.36. The fourth-order valence-corrected chi connectivity index (χ4v) is 5.02. The Balaban J connectivity index is 1.80. The van der Waals surface area contributed by atoms with Crippen LogP contribution in [0.2, 0.25) is 0 Å². The summed E-state index contributed by atoms with van der Waals surface area (Å²) in [6.45, 7) is 6.61. The smallest absolute Gasteiger partial charge is 0.271 e. The van der Waals surface area contributed by atoms with Crippen molar-refractivity contribution in [2.24, 2.45) is 4.99 Å². The molecular formula is C19H22N4O4S. The van der Waals surface area contributed by atoms with E-state index in [2.05, 4.69) is 10.1 Å². The number of nitro benzene ring substituents is 1. The number of rotatable bonds is 3. The van der Waals surface area contributed by atoms with E-state index in [0.717, 1.165) is 23.4 Å². The van der Waals surface area contributed by atoms with Crippen LogP contribution >= 0.6 is 11.8 Å². The minimum atomic E-state index is -0.418. The molecule has 0 saturated carbocycles. The maximum Gasteiger partial charge on any atom is 0.271 e. The Morgan fingerprint density at radius 2 is 2.21 bits per heavy atom. The van der Waals surface area contributed by atoms with E-state index in [-0.39, 0.29) is 28.1 Å². The number of aromatic amines is 1. The minimum absolute atomic E-state index is 0.0156. The highest BCUT2D eigenvalue weighted by atomic mass is 32.2. The molecule has 0 radical (unpaired) electrons. The van der Waals surface area contributed by atoms with Crippen LogP contribution in [0.4, 0.5) is 11.5 Å². The van der Waals surface area contributed by atoms with Gasteiger partial charge in [0.1, 0.15) is 0 Å². The van der Waals surface area contributed by atoms with Crippen LogP contribution in [0.3, 0.4) is 0 Å². The van der Waals surface area contributed by atoms with E-state index >= 15 is 0 Å². The van der Waals surface area contributed by atoms with Crippen LogP contribution in [0, 0.1) is 10.1 Å². The van der Waals surface area contributed by atoms with Crippen LogP contribution in [-0.2, 0) is 4.74 Å². The van der Waals surface area contributed by atoms with E-state index in [0.29, 0.717) is 18.0 Å². The predicted octanol–water partition coefficient (Wildman–Crippen LogP) is 4.10. The third-order valence-corrected chi connectivity index (χ3v) is 6.35. The number of thioether (sulfide) groups is 1. The van der Waals surface area contributed by atoms with E-state index in [9.17, 15) is 14.9 Å². The molecule has 148 valence electrons. The molecule has 0 bridgehead atoms. The quantitative estimate of drug-likeness (QED) is 0.615. The second-order valence-electron chi connectivity index (χ2n) is 7.78. The number of nitrogens with one attached hydrogen (secondary N) is 1. The normalized spacial score (nSPS) is 23.8. The van der Waals surface area contributed by atoms with E-state index in [1.165, 1.54) is 23.9 Å². The van der Waals surface area contributed by atoms with Gasteiger partial charge < -0.3 is 4.74 Å². The maximum absolute atomic E-state index is 12.9. The van der Waals surface area contributed by atoms with Crippen molar-refractivity contribution < 1.29 is 9.66 Å². The molecule has 2 aliphatic rings. The van der Waals surface area contributed by atoms with Crippen LogP contribution in [0.5, 0.6) is 0 Å². The molecule has 1 fully saturated rings. The summed E-state index contributed by atoms with van der Waals surface area (Å²) in [5.74, 6) is 0.625. The third kappa shape index (κ3) is 3.40. The van der Waals surface area contributed by atoms with Gasteiger partial charge in [-0.25, -0.2) is 4.99 Å². The average molecular weight is 402 g/mol. The third-order valence-electron chi connectivity index (χ3n) is 5.17. The molecule has 1 saturated heterocycles. The molecule has 9 heteroatoms. The lowest BCUT2D eigenvalue weighted by atomic mass is 9.94. The highest BCUT2D eigenvalue weighted by Crippen LogP contribution is 2.45. The molecule has 1 aromatic heterocycles. The molecule has 1 aromatic carbocycles. The Kier molecular flexibility index (Phi) is 4.67. The lowest BCUT2D eigenvalue weighted by Crippen LogP contribution is -2.35. The molecular weight excluding hydrogens is 380 g/mol. The number of ether oxygens (including phenoxy) is 1. The summed E-state index contributed by atoms with van der Waals surface area (Å²) in [6, 6.07) is 6.56. The van der Waals surface area contributed by atoms with Gasteiger partial charge in [-0.2, -0.15) is 0 Å². The second kappa shape index (κ2) is 6.89. The Morgan fingerprint density at radius 1 is 1.43 bits per heavy atom. The van der Waals surface area contributed by atoms with E-state index in [1.807, 2.05) is 31.5 Å². The van der Waals surface area contributed by atoms with Crippen molar-refractivity contribution in [2.75, 3.05) is 6.61 Å². The first kappa shape index (κ1) is 18.9. The van der Waals surface area contributed by atoms with Gasteiger partial charge in [0, 0.05) is 18.7 Å². The van der Waals surface area contributed by atoms with Gasteiger partial charge in [-0.3, -0.25) is 24.7 Å². The highest BCUT2D eigenvalue weighted by molar-refractivity contribution is 8.14. The first-order chi connectivity index (χ1) is 13.2. The number of aromatic nitrogens is 2. The summed E-state index contributed by atoms with van der Waals surface area (Å²) in [5, 5.41) is 14.6. The van der Waals surface area contributed by atoms with E-state index < -0.39 is 4.92 Å². The van der Waals surface area contributed by atoms with Crippen molar-refractivity contribution in [1.82, 2.24) is 9.78 Å². The van der Waals surface area contributed by atoms with Crippen LogP contribution in [0.25, 0.3) is 0 Å². The summed E-state index contributed by atoms with van der Waals surface area (Å²) in [4.78, 5) is 28.3. The summed E-state index contributed by atoms with van der Waals surface area (Å²) in [6.07, 6.45) is 1.57. The summed E-state index contributed by atoms with van der Waals surface area (Å²) in [7, 11) is 0. The van der Waals surface area contributed by atoms with Gasteiger partial charge in [0.05, 0.1) is 32.4 Å². The maximum atomic E-state index is 12.9. The molecule has 2 aromatic rings. The fraction of sp³-hybridized carbons (Fsp3) is 0.474. The zero-order valence-corrected chi connectivity index (χ0v) is 16.8. The molecule has 28 heavy (non-hydrogen) atoms. The average Bonchev–Trinajstić information content (AvgIpc) is 2.97. The second-order valence-corrected chi connectivity index (χ2v) is 9.08. The standard InChI is InChI=1S/C19H22N4O4S/c1-11-20-17-15(16(28-11)12-5-4-6-13(9-12)23(25)26)18(24)21-22(17)14-7-8-27-19(2,3)10-14/h4-6,9,14,16H,7-8,10H2,1-3H3,(H,21,24)/t14-,16+/m0/s1. The van der Waals surface area contributed by atoms with Gasteiger partial charge in [0.15, 0.2) is 5.82 Å². The van der Waals surface area contributed by atoms with Gasteiger partial charge in [-0.1, -0.05) is 23.9 Å². The van der Waals surface area contributed by atoms with Crippen molar-refractivity contribution in [3.63, 3.8) is 0 Å². The number of hydrogen-bond donors (Lipinski definition) is 1. The summed E-state index contributed by atoms with van der Waals surface area (Å²) in [5.41, 5.74) is 0.838. The van der Waals surface area contributed by atoms with Crippen molar-refractivity contribution in [2.45, 2.75) is 50.5 Å². The lowest BCUT2D eigenvalue weighted by molar-refractivity contribution is -0.384. The predicted molar refractivity (Wildman–Crippen MR) is 109 cm³/mol. The molecule has 2 atom stereocenters. The number of nitro groups is 1. The van der Waals surface area contributed by atoms with Crippen molar-refractivity contribution in [3.05, 3.63) is 55.9 Å². The largest absolute Gasteiger partial charge is 0.375 e. The first-order valence-electron chi connectivity index (χ1n) is 9.20. The van der Waals surface area contributed by atoms with Gasteiger partial charge in [-0.05, 0) is 39.2 Å². The molecule has 8 nitrogen and oxygen atoms in total. The molecule has 0 aliphatic carbocycles. The number of H-pyrrole nitrogens is 1. The zero-order chi connectivity index (χ0) is 20.1. The Morgan fingerprint density at radius 3 is 2.93 bits per heavy atom. The summed E-state index contributed by atoms with van der Waals surface area (Å²) >= 11 is 1.45.